The van der Waals surface area contributed by atoms with Crippen LogP contribution in [0.25, 0.3) is 10.4 Å². The van der Waals surface area contributed by atoms with Crippen LogP contribution >= 0.6 is 18.9 Å². The Kier molecular flexibility index (Phi) is 8.20. The lowest BCUT2D eigenvalue weighted by Crippen LogP contribution is -2.27. The number of amides is 1. The topological polar surface area (TPSA) is 76.1 Å². The third-order valence-electron chi connectivity index (χ3n) is 4.08. The summed E-state index contributed by atoms with van der Waals surface area (Å²) in [7, 11) is -3.51. The Hall–Kier alpha value is -1.50. The molecule has 0 fully saturated rings. The third-order valence-corrected chi connectivity index (χ3v) is 7.52. The van der Waals surface area contributed by atoms with E-state index in [1.165, 1.54) is 6.92 Å². The van der Waals surface area contributed by atoms with Crippen molar-refractivity contribution in [1.82, 2.24) is 5.06 Å². The number of nitrogens with zero attached hydrogens (tertiary/aromatic N) is 1. The molecule has 6 nitrogen and oxygen atoms in total. The van der Waals surface area contributed by atoms with Crippen LogP contribution < -0.4 is 0 Å². The van der Waals surface area contributed by atoms with E-state index in [1.54, 1.807) is 25.2 Å². The smallest absolute Gasteiger partial charge is 0.308 e. The molecular formula is C19H26NO5PS. The van der Waals surface area contributed by atoms with Crippen LogP contribution in [0.1, 0.15) is 38.4 Å². The molecule has 148 valence electrons. The second-order valence-corrected chi connectivity index (χ2v) is 9.05. The van der Waals surface area contributed by atoms with Gasteiger partial charge in [0.05, 0.1) is 18.9 Å². The first kappa shape index (κ1) is 21.8. The highest BCUT2D eigenvalue weighted by Crippen LogP contribution is 2.63. The maximum absolute atomic E-state index is 13.6. The normalized spacial score (nSPS) is 12.7. The van der Waals surface area contributed by atoms with Gasteiger partial charge in [0, 0.05) is 18.3 Å². The number of carbonyl (C=O) groups is 1. The maximum atomic E-state index is 13.6. The van der Waals surface area contributed by atoms with Crippen LogP contribution in [-0.2, 0) is 18.4 Å². The van der Waals surface area contributed by atoms with Gasteiger partial charge in [0.1, 0.15) is 0 Å². The van der Waals surface area contributed by atoms with Crippen molar-refractivity contribution < 1.29 is 23.6 Å². The predicted octanol–water partition coefficient (Wildman–Crippen LogP) is 5.35. The molecule has 1 N–H and O–H groups in total. The Morgan fingerprint density at radius 2 is 1.85 bits per heavy atom. The second-order valence-electron chi connectivity index (χ2n) is 5.89. The first-order valence-electron chi connectivity index (χ1n) is 8.91. The van der Waals surface area contributed by atoms with Gasteiger partial charge in [0.25, 0.3) is 0 Å². The van der Waals surface area contributed by atoms with Gasteiger partial charge >= 0.3 is 7.60 Å². The van der Waals surface area contributed by atoms with E-state index in [4.69, 9.17) is 9.05 Å². The SMILES string of the molecule is CCOP(=O)(OCC)C(CCN(O)C(C)=O)c1ccccc1-c1cccs1. The van der Waals surface area contributed by atoms with Crippen molar-refractivity contribution in [3.05, 3.63) is 47.3 Å². The van der Waals surface area contributed by atoms with Crippen molar-refractivity contribution >= 4 is 24.8 Å². The Labute approximate surface area is 164 Å². The molecule has 0 aliphatic rings. The van der Waals surface area contributed by atoms with Gasteiger partial charge in [-0.25, -0.2) is 5.06 Å². The fourth-order valence-electron chi connectivity index (χ4n) is 2.91. The van der Waals surface area contributed by atoms with Gasteiger partial charge in [-0.1, -0.05) is 30.3 Å². The Morgan fingerprint density at radius 1 is 1.19 bits per heavy atom. The summed E-state index contributed by atoms with van der Waals surface area (Å²) < 4.78 is 24.8. The summed E-state index contributed by atoms with van der Waals surface area (Å²) in [5.41, 5.74) is 1.16. The number of carbonyl (C=O) groups excluding carboxylic acids is 1. The summed E-state index contributed by atoms with van der Waals surface area (Å²) in [5.74, 6) is -0.469. The van der Waals surface area contributed by atoms with E-state index in [1.807, 2.05) is 41.8 Å². The van der Waals surface area contributed by atoms with E-state index < -0.39 is 19.2 Å². The molecule has 0 aliphatic carbocycles. The number of rotatable bonds is 10. The van der Waals surface area contributed by atoms with Crippen LogP contribution in [0.5, 0.6) is 0 Å². The fraction of sp³-hybridized carbons (Fsp3) is 0.421. The monoisotopic (exact) mass is 411 g/mol. The quantitative estimate of drug-likeness (QED) is 0.324. The van der Waals surface area contributed by atoms with Gasteiger partial charge in [-0.05, 0) is 42.8 Å². The van der Waals surface area contributed by atoms with E-state index in [2.05, 4.69) is 0 Å². The van der Waals surface area contributed by atoms with Crippen LogP contribution in [0.4, 0.5) is 0 Å². The highest BCUT2D eigenvalue weighted by atomic mass is 32.1. The molecule has 0 aliphatic heterocycles. The van der Waals surface area contributed by atoms with Crippen molar-refractivity contribution in [3.63, 3.8) is 0 Å². The molecule has 0 saturated heterocycles. The third kappa shape index (κ3) is 5.50. The molecule has 8 heteroatoms. The minimum Gasteiger partial charge on any atom is -0.308 e. The van der Waals surface area contributed by atoms with E-state index in [0.29, 0.717) is 5.06 Å². The van der Waals surface area contributed by atoms with Crippen molar-refractivity contribution in [2.45, 2.75) is 32.9 Å². The van der Waals surface area contributed by atoms with Crippen molar-refractivity contribution in [2.75, 3.05) is 19.8 Å². The molecule has 0 spiro atoms. The van der Waals surface area contributed by atoms with Crippen molar-refractivity contribution in [3.8, 4) is 10.4 Å². The van der Waals surface area contributed by atoms with E-state index in [9.17, 15) is 14.6 Å². The summed E-state index contributed by atoms with van der Waals surface area (Å²) in [4.78, 5) is 12.4. The van der Waals surface area contributed by atoms with Crippen molar-refractivity contribution in [2.24, 2.45) is 0 Å². The number of thiophene rings is 1. The molecule has 1 amide bonds. The average molecular weight is 411 g/mol. The maximum Gasteiger partial charge on any atom is 0.338 e. The highest BCUT2D eigenvalue weighted by molar-refractivity contribution is 7.54. The molecule has 1 atom stereocenters. The summed E-state index contributed by atoms with van der Waals surface area (Å²) in [5, 5.41) is 12.4. The summed E-state index contributed by atoms with van der Waals surface area (Å²) >= 11 is 1.59. The lowest BCUT2D eigenvalue weighted by Gasteiger charge is -2.29. The Bertz CT molecular complexity index is 770. The minimum absolute atomic E-state index is 0.0307. The summed E-state index contributed by atoms with van der Waals surface area (Å²) in [6.45, 7) is 5.32. The van der Waals surface area contributed by atoms with Crippen LogP contribution in [0.15, 0.2) is 41.8 Å². The Balaban J connectivity index is 2.49. The number of benzene rings is 1. The van der Waals surface area contributed by atoms with Crippen molar-refractivity contribution in [1.29, 1.82) is 0 Å². The molecule has 1 aromatic carbocycles. The molecule has 0 radical (unpaired) electrons. The van der Waals surface area contributed by atoms with Crippen LogP contribution in [-0.4, -0.2) is 35.9 Å². The first-order valence-corrected chi connectivity index (χ1v) is 11.4. The van der Waals surface area contributed by atoms with Gasteiger partial charge < -0.3 is 9.05 Å². The molecule has 0 bridgehead atoms. The van der Waals surface area contributed by atoms with Crippen LogP contribution in [0, 0.1) is 0 Å². The molecule has 2 rings (SSSR count). The molecule has 1 aromatic heterocycles. The summed E-state index contributed by atoms with van der Waals surface area (Å²) in [6.07, 6.45) is 0.246. The zero-order valence-corrected chi connectivity index (χ0v) is 17.5. The Morgan fingerprint density at radius 3 is 2.41 bits per heavy atom. The van der Waals surface area contributed by atoms with E-state index in [-0.39, 0.29) is 26.2 Å². The summed E-state index contributed by atoms with van der Waals surface area (Å²) in [6, 6.07) is 11.6. The zero-order chi connectivity index (χ0) is 19.9. The van der Waals surface area contributed by atoms with Crippen LogP contribution in [0.3, 0.4) is 0 Å². The number of hydrogen-bond acceptors (Lipinski definition) is 6. The molecule has 27 heavy (non-hydrogen) atoms. The average Bonchev–Trinajstić information content (AvgIpc) is 3.17. The molecule has 2 aromatic rings. The first-order chi connectivity index (χ1) is 12.9. The lowest BCUT2D eigenvalue weighted by atomic mass is 10.0. The van der Waals surface area contributed by atoms with Gasteiger partial charge in [-0.2, -0.15) is 0 Å². The largest absolute Gasteiger partial charge is 0.338 e. The zero-order valence-electron chi connectivity index (χ0n) is 15.8. The fourth-order valence-corrected chi connectivity index (χ4v) is 5.83. The number of hydroxylamine groups is 2. The molecule has 0 saturated carbocycles. The lowest BCUT2D eigenvalue weighted by molar-refractivity contribution is -0.162. The standard InChI is InChI=1S/C19H26NO5PS/c1-4-24-26(23,25-5-2)18(12-13-20(22)15(3)21)16-9-6-7-10-17(16)19-11-8-14-27-19/h6-11,14,18,22H,4-5,12-13H2,1-3H3. The molecule has 1 heterocycles. The van der Waals surface area contributed by atoms with Gasteiger partial charge in [0.2, 0.25) is 5.91 Å². The predicted molar refractivity (Wildman–Crippen MR) is 107 cm³/mol. The van der Waals surface area contributed by atoms with E-state index >= 15 is 0 Å². The van der Waals surface area contributed by atoms with Gasteiger partial charge in [-0.15, -0.1) is 11.3 Å². The molecule has 1 unspecified atom stereocenters. The van der Waals surface area contributed by atoms with Crippen LogP contribution in [0.2, 0.25) is 0 Å². The second kappa shape index (κ2) is 10.2. The molecular weight excluding hydrogens is 385 g/mol. The van der Waals surface area contributed by atoms with Gasteiger partial charge in [-0.3, -0.25) is 14.6 Å². The highest BCUT2D eigenvalue weighted by Gasteiger charge is 2.38. The number of hydrogen-bond donors (Lipinski definition) is 1. The van der Waals surface area contributed by atoms with E-state index in [0.717, 1.165) is 16.0 Å². The van der Waals surface area contributed by atoms with Gasteiger partial charge in [0.15, 0.2) is 0 Å². The minimum atomic E-state index is -3.51.